The lowest BCUT2D eigenvalue weighted by Gasteiger charge is -2.22. The van der Waals surface area contributed by atoms with E-state index in [4.69, 9.17) is 9.47 Å². The van der Waals surface area contributed by atoms with Crippen LogP contribution in [0.1, 0.15) is 26.3 Å². The summed E-state index contributed by atoms with van der Waals surface area (Å²) in [6, 6.07) is 9.50. The molecule has 2 aromatic rings. The standard InChI is InChI=1S/C22H24N4O7/c1-4-32-16-10-11-18(33-5-2)17(12-16)23-19(27)13-25-20(28)22(3,24-21(25)29)14-6-8-15(9-7-14)26(30)31/h6-12H,4-5,13H2,1-3H3,(H,23,27)(H,24,29). The predicted octanol–water partition coefficient (Wildman–Crippen LogP) is 2.80. The number of carbonyl (C=O) groups is 3. The van der Waals surface area contributed by atoms with Crippen LogP contribution in [0.3, 0.4) is 0 Å². The summed E-state index contributed by atoms with van der Waals surface area (Å²) in [6.45, 7) is 5.38. The zero-order chi connectivity index (χ0) is 24.2. The number of amides is 4. The number of benzene rings is 2. The topological polar surface area (TPSA) is 140 Å². The fourth-order valence-corrected chi connectivity index (χ4v) is 3.43. The van der Waals surface area contributed by atoms with Crippen molar-refractivity contribution in [2.24, 2.45) is 0 Å². The number of ether oxygens (including phenoxy) is 2. The number of hydrogen-bond acceptors (Lipinski definition) is 7. The Labute approximate surface area is 189 Å². The Morgan fingerprint density at radius 2 is 1.79 bits per heavy atom. The molecule has 0 radical (unpaired) electrons. The van der Waals surface area contributed by atoms with Gasteiger partial charge in [-0.25, -0.2) is 4.79 Å². The first-order chi connectivity index (χ1) is 15.7. The minimum absolute atomic E-state index is 0.144. The van der Waals surface area contributed by atoms with Crippen molar-refractivity contribution in [2.75, 3.05) is 25.1 Å². The lowest BCUT2D eigenvalue weighted by atomic mass is 9.92. The van der Waals surface area contributed by atoms with Crippen LogP contribution in [0, 0.1) is 10.1 Å². The highest BCUT2D eigenvalue weighted by molar-refractivity contribution is 6.10. The molecular weight excluding hydrogens is 432 g/mol. The van der Waals surface area contributed by atoms with Gasteiger partial charge in [0.1, 0.15) is 23.6 Å². The van der Waals surface area contributed by atoms with E-state index in [2.05, 4.69) is 10.6 Å². The van der Waals surface area contributed by atoms with Crippen LogP contribution in [0.2, 0.25) is 0 Å². The molecule has 2 N–H and O–H groups in total. The Hall–Kier alpha value is -4.15. The summed E-state index contributed by atoms with van der Waals surface area (Å²) in [5, 5.41) is 16.1. The highest BCUT2D eigenvalue weighted by atomic mass is 16.6. The number of hydrogen-bond donors (Lipinski definition) is 2. The van der Waals surface area contributed by atoms with E-state index >= 15 is 0 Å². The van der Waals surface area contributed by atoms with Gasteiger partial charge in [0.25, 0.3) is 11.6 Å². The smallest absolute Gasteiger partial charge is 0.325 e. The summed E-state index contributed by atoms with van der Waals surface area (Å²) in [5.41, 5.74) is -0.900. The molecule has 1 aliphatic heterocycles. The molecule has 1 atom stereocenters. The van der Waals surface area contributed by atoms with Crippen molar-refractivity contribution in [2.45, 2.75) is 26.3 Å². The summed E-state index contributed by atoms with van der Waals surface area (Å²) < 4.78 is 11.0. The molecule has 0 bridgehead atoms. The van der Waals surface area contributed by atoms with Crippen molar-refractivity contribution >= 4 is 29.2 Å². The molecule has 1 heterocycles. The molecule has 1 fully saturated rings. The number of nitro groups is 1. The SMILES string of the molecule is CCOc1ccc(OCC)c(NC(=O)CN2C(=O)NC(C)(c3ccc([N+](=O)[O-])cc3)C2=O)c1. The molecule has 1 saturated heterocycles. The Bertz CT molecular complexity index is 1090. The second-order valence-corrected chi connectivity index (χ2v) is 7.32. The monoisotopic (exact) mass is 456 g/mol. The second kappa shape index (κ2) is 9.55. The van der Waals surface area contributed by atoms with Gasteiger partial charge in [-0.3, -0.25) is 24.6 Å². The minimum atomic E-state index is -1.46. The van der Waals surface area contributed by atoms with E-state index in [1.54, 1.807) is 25.1 Å². The number of rotatable bonds is 9. The van der Waals surface area contributed by atoms with Gasteiger partial charge < -0.3 is 20.1 Å². The van der Waals surface area contributed by atoms with Gasteiger partial charge >= 0.3 is 6.03 Å². The third kappa shape index (κ3) is 4.86. The van der Waals surface area contributed by atoms with Gasteiger partial charge in [0.2, 0.25) is 5.91 Å². The van der Waals surface area contributed by atoms with Crippen LogP contribution in [-0.2, 0) is 15.1 Å². The Morgan fingerprint density at radius 1 is 1.12 bits per heavy atom. The highest BCUT2D eigenvalue weighted by Crippen LogP contribution is 2.31. The van der Waals surface area contributed by atoms with E-state index in [0.29, 0.717) is 36.0 Å². The first-order valence-electron chi connectivity index (χ1n) is 10.3. The van der Waals surface area contributed by atoms with Gasteiger partial charge in [0.15, 0.2) is 0 Å². The molecule has 174 valence electrons. The van der Waals surface area contributed by atoms with Crippen molar-refractivity contribution in [1.82, 2.24) is 10.2 Å². The minimum Gasteiger partial charge on any atom is -0.494 e. The number of urea groups is 1. The zero-order valence-electron chi connectivity index (χ0n) is 18.4. The van der Waals surface area contributed by atoms with Gasteiger partial charge in [-0.1, -0.05) is 0 Å². The second-order valence-electron chi connectivity index (χ2n) is 7.32. The molecule has 0 spiro atoms. The van der Waals surface area contributed by atoms with Crippen molar-refractivity contribution in [3.05, 3.63) is 58.1 Å². The molecule has 1 aliphatic rings. The fourth-order valence-electron chi connectivity index (χ4n) is 3.43. The van der Waals surface area contributed by atoms with Crippen LogP contribution in [-0.4, -0.2) is 47.4 Å². The zero-order valence-corrected chi connectivity index (χ0v) is 18.4. The molecule has 4 amide bonds. The molecule has 0 aliphatic carbocycles. The number of carbonyl (C=O) groups excluding carboxylic acids is 3. The molecule has 2 aromatic carbocycles. The van der Waals surface area contributed by atoms with E-state index in [0.717, 1.165) is 4.90 Å². The molecule has 1 unspecified atom stereocenters. The molecular formula is C22H24N4O7. The van der Waals surface area contributed by atoms with E-state index < -0.39 is 34.9 Å². The fraction of sp³-hybridized carbons (Fsp3) is 0.318. The van der Waals surface area contributed by atoms with Crippen molar-refractivity contribution in [3.63, 3.8) is 0 Å². The Morgan fingerprint density at radius 3 is 2.39 bits per heavy atom. The van der Waals surface area contributed by atoms with Gasteiger partial charge in [-0.15, -0.1) is 0 Å². The van der Waals surface area contributed by atoms with Gasteiger partial charge in [0, 0.05) is 18.2 Å². The summed E-state index contributed by atoms with van der Waals surface area (Å²) in [4.78, 5) is 49.3. The van der Waals surface area contributed by atoms with Crippen molar-refractivity contribution < 1.29 is 28.8 Å². The summed E-state index contributed by atoms with van der Waals surface area (Å²) in [5.74, 6) is -0.315. The van der Waals surface area contributed by atoms with Crippen LogP contribution in [0.25, 0.3) is 0 Å². The van der Waals surface area contributed by atoms with Crippen molar-refractivity contribution in [1.29, 1.82) is 0 Å². The lowest BCUT2D eigenvalue weighted by molar-refractivity contribution is -0.384. The summed E-state index contributed by atoms with van der Waals surface area (Å²) in [6.07, 6.45) is 0. The maximum atomic E-state index is 13.0. The van der Waals surface area contributed by atoms with Crippen LogP contribution in [0.4, 0.5) is 16.2 Å². The van der Waals surface area contributed by atoms with E-state index in [1.165, 1.54) is 31.2 Å². The van der Waals surface area contributed by atoms with Crippen LogP contribution in [0.15, 0.2) is 42.5 Å². The van der Waals surface area contributed by atoms with Gasteiger partial charge in [0.05, 0.1) is 23.8 Å². The summed E-state index contributed by atoms with van der Waals surface area (Å²) >= 11 is 0. The molecule has 0 saturated carbocycles. The highest BCUT2D eigenvalue weighted by Gasteiger charge is 2.49. The largest absolute Gasteiger partial charge is 0.494 e. The van der Waals surface area contributed by atoms with Crippen molar-refractivity contribution in [3.8, 4) is 11.5 Å². The average Bonchev–Trinajstić information content (AvgIpc) is 2.99. The maximum absolute atomic E-state index is 13.0. The average molecular weight is 456 g/mol. The molecule has 33 heavy (non-hydrogen) atoms. The van der Waals surface area contributed by atoms with E-state index in [-0.39, 0.29) is 5.69 Å². The predicted molar refractivity (Wildman–Crippen MR) is 118 cm³/mol. The van der Waals surface area contributed by atoms with Crippen LogP contribution in [0.5, 0.6) is 11.5 Å². The molecule has 11 heteroatoms. The molecule has 0 aromatic heterocycles. The number of nitrogens with one attached hydrogen (secondary N) is 2. The third-order valence-corrected chi connectivity index (χ3v) is 5.07. The first kappa shape index (κ1) is 23.5. The number of anilines is 1. The maximum Gasteiger partial charge on any atom is 0.325 e. The molecule has 3 rings (SSSR count). The van der Waals surface area contributed by atoms with Gasteiger partial charge in [-0.2, -0.15) is 0 Å². The summed E-state index contributed by atoms with van der Waals surface area (Å²) in [7, 11) is 0. The number of non-ortho nitro benzene ring substituents is 1. The van der Waals surface area contributed by atoms with Gasteiger partial charge in [-0.05, 0) is 50.6 Å². The number of nitrogens with zero attached hydrogens (tertiary/aromatic N) is 2. The molecule has 11 nitrogen and oxygen atoms in total. The quantitative estimate of drug-likeness (QED) is 0.336. The lowest BCUT2D eigenvalue weighted by Crippen LogP contribution is -2.42. The van der Waals surface area contributed by atoms with E-state index in [1.807, 2.05) is 6.92 Å². The normalized spacial score (nSPS) is 17.5. The third-order valence-electron chi connectivity index (χ3n) is 5.07. The van der Waals surface area contributed by atoms with Crippen LogP contribution < -0.4 is 20.1 Å². The Kier molecular flexibility index (Phi) is 6.80. The van der Waals surface area contributed by atoms with E-state index in [9.17, 15) is 24.5 Å². The first-order valence-corrected chi connectivity index (χ1v) is 10.3. The Balaban J connectivity index is 1.76. The number of imide groups is 1. The number of nitro benzene ring substituents is 1. The van der Waals surface area contributed by atoms with Crippen LogP contribution >= 0.6 is 0 Å².